The Bertz CT molecular complexity index is 1010. The highest BCUT2D eigenvalue weighted by atomic mass is 16.5. The zero-order chi connectivity index (χ0) is 22.6. The fourth-order valence-corrected chi connectivity index (χ4v) is 3.63. The van der Waals surface area contributed by atoms with Gasteiger partial charge in [0.15, 0.2) is 11.5 Å². The van der Waals surface area contributed by atoms with Gasteiger partial charge in [-0.1, -0.05) is 24.3 Å². The summed E-state index contributed by atoms with van der Waals surface area (Å²) in [7, 11) is 0. The fourth-order valence-electron chi connectivity index (χ4n) is 3.63. The monoisotopic (exact) mass is 425 g/mol. The highest BCUT2D eigenvalue weighted by molar-refractivity contribution is 6.10. The Morgan fingerprint density at radius 3 is 2.42 bits per heavy atom. The fraction of sp³-hybridized carbons (Fsp3) is 0.348. The maximum absolute atomic E-state index is 13.1. The van der Waals surface area contributed by atoms with Crippen LogP contribution in [0.25, 0.3) is 0 Å². The molecule has 1 fully saturated rings. The highest BCUT2D eigenvalue weighted by Crippen LogP contribution is 2.32. The van der Waals surface area contributed by atoms with E-state index in [0.29, 0.717) is 36.0 Å². The molecule has 1 aliphatic heterocycles. The van der Waals surface area contributed by atoms with Crippen molar-refractivity contribution in [3.8, 4) is 11.5 Å². The van der Waals surface area contributed by atoms with Crippen molar-refractivity contribution in [1.29, 1.82) is 0 Å². The molecule has 3 rings (SSSR count). The Balaban J connectivity index is 1.74. The lowest BCUT2D eigenvalue weighted by Crippen LogP contribution is -2.42. The standard InChI is InChI=1S/C23H27N3O5/c1-5-30-18-12-11-16(13-19(18)31-6-2)24-20(27)14-26-21(28)23(4,25-22(26)29)17-10-8-7-9-15(17)3/h7-13H,5-6,14H2,1-4H3,(H,24,27)(H,25,29). The van der Waals surface area contributed by atoms with Crippen molar-refractivity contribution >= 4 is 23.5 Å². The molecule has 8 heteroatoms. The second-order valence-corrected chi connectivity index (χ2v) is 7.34. The summed E-state index contributed by atoms with van der Waals surface area (Å²) in [5.41, 5.74) is 0.835. The number of hydrogen-bond donors (Lipinski definition) is 2. The first-order chi connectivity index (χ1) is 14.8. The number of ether oxygens (including phenoxy) is 2. The molecular weight excluding hydrogens is 398 g/mol. The lowest BCUT2D eigenvalue weighted by atomic mass is 9.88. The van der Waals surface area contributed by atoms with Crippen molar-refractivity contribution in [3.63, 3.8) is 0 Å². The zero-order valence-corrected chi connectivity index (χ0v) is 18.2. The molecule has 0 spiro atoms. The number of nitrogens with zero attached hydrogens (tertiary/aromatic N) is 1. The molecule has 0 saturated carbocycles. The van der Waals surface area contributed by atoms with Crippen LogP contribution in [0.5, 0.6) is 11.5 Å². The van der Waals surface area contributed by atoms with Gasteiger partial charge in [-0.05, 0) is 51.0 Å². The van der Waals surface area contributed by atoms with Crippen LogP contribution in [0, 0.1) is 6.92 Å². The molecule has 2 aromatic rings. The van der Waals surface area contributed by atoms with Crippen LogP contribution in [-0.2, 0) is 15.1 Å². The molecular formula is C23H27N3O5. The first kappa shape index (κ1) is 22.1. The Morgan fingerprint density at radius 1 is 1.06 bits per heavy atom. The third-order valence-corrected chi connectivity index (χ3v) is 5.09. The molecule has 1 saturated heterocycles. The van der Waals surface area contributed by atoms with Gasteiger partial charge in [-0.3, -0.25) is 14.5 Å². The summed E-state index contributed by atoms with van der Waals surface area (Å²) < 4.78 is 11.1. The predicted molar refractivity (Wildman–Crippen MR) is 116 cm³/mol. The van der Waals surface area contributed by atoms with Crippen LogP contribution in [0.4, 0.5) is 10.5 Å². The van der Waals surface area contributed by atoms with Gasteiger partial charge in [0.05, 0.1) is 13.2 Å². The zero-order valence-electron chi connectivity index (χ0n) is 18.2. The van der Waals surface area contributed by atoms with E-state index in [0.717, 1.165) is 10.5 Å². The van der Waals surface area contributed by atoms with Gasteiger partial charge in [-0.25, -0.2) is 4.79 Å². The minimum atomic E-state index is -1.22. The van der Waals surface area contributed by atoms with E-state index in [9.17, 15) is 14.4 Å². The molecule has 0 aromatic heterocycles. The molecule has 1 atom stereocenters. The summed E-state index contributed by atoms with van der Waals surface area (Å²) in [5.74, 6) is 0.113. The molecule has 164 valence electrons. The van der Waals surface area contributed by atoms with E-state index in [1.807, 2.05) is 39.0 Å². The van der Waals surface area contributed by atoms with Gasteiger partial charge in [-0.2, -0.15) is 0 Å². The summed E-state index contributed by atoms with van der Waals surface area (Å²) >= 11 is 0. The molecule has 2 aromatic carbocycles. The summed E-state index contributed by atoms with van der Waals surface area (Å²) in [6.45, 7) is 7.77. The summed E-state index contributed by atoms with van der Waals surface area (Å²) in [4.78, 5) is 39.1. The number of hydrogen-bond acceptors (Lipinski definition) is 5. The van der Waals surface area contributed by atoms with Gasteiger partial charge in [0, 0.05) is 11.8 Å². The number of imide groups is 1. The Labute approximate surface area is 181 Å². The van der Waals surface area contributed by atoms with Gasteiger partial charge in [0.1, 0.15) is 12.1 Å². The average molecular weight is 425 g/mol. The molecule has 0 bridgehead atoms. The van der Waals surface area contributed by atoms with Crippen LogP contribution in [-0.4, -0.2) is 42.5 Å². The predicted octanol–water partition coefficient (Wildman–Crippen LogP) is 3.20. The van der Waals surface area contributed by atoms with Crippen molar-refractivity contribution < 1.29 is 23.9 Å². The van der Waals surface area contributed by atoms with E-state index in [1.165, 1.54) is 0 Å². The van der Waals surface area contributed by atoms with E-state index in [1.54, 1.807) is 31.2 Å². The quantitative estimate of drug-likeness (QED) is 0.633. The van der Waals surface area contributed by atoms with Crippen LogP contribution < -0.4 is 20.1 Å². The van der Waals surface area contributed by atoms with Gasteiger partial charge in [0.25, 0.3) is 5.91 Å². The minimum absolute atomic E-state index is 0.399. The smallest absolute Gasteiger partial charge is 0.325 e. The SMILES string of the molecule is CCOc1ccc(NC(=O)CN2C(=O)NC(C)(c3ccccc3C)C2=O)cc1OCC. The van der Waals surface area contributed by atoms with Gasteiger partial charge in [0.2, 0.25) is 5.91 Å². The molecule has 2 N–H and O–H groups in total. The van der Waals surface area contributed by atoms with Crippen LogP contribution in [0.2, 0.25) is 0 Å². The maximum Gasteiger partial charge on any atom is 0.325 e. The van der Waals surface area contributed by atoms with E-state index < -0.39 is 29.9 Å². The van der Waals surface area contributed by atoms with Gasteiger partial charge in [-0.15, -0.1) is 0 Å². The van der Waals surface area contributed by atoms with Crippen LogP contribution in [0.1, 0.15) is 31.9 Å². The Morgan fingerprint density at radius 2 is 1.74 bits per heavy atom. The van der Waals surface area contributed by atoms with Crippen molar-refractivity contribution in [3.05, 3.63) is 53.6 Å². The molecule has 1 heterocycles. The number of benzene rings is 2. The Kier molecular flexibility index (Phi) is 6.48. The molecule has 4 amide bonds. The number of carbonyl (C=O) groups is 3. The second kappa shape index (κ2) is 9.07. The van der Waals surface area contributed by atoms with Gasteiger partial charge < -0.3 is 20.1 Å². The minimum Gasteiger partial charge on any atom is -0.490 e. The molecule has 1 unspecified atom stereocenters. The maximum atomic E-state index is 13.1. The van der Waals surface area contributed by atoms with Crippen molar-refractivity contribution in [2.45, 2.75) is 33.2 Å². The molecule has 1 aliphatic rings. The third-order valence-electron chi connectivity index (χ3n) is 5.09. The third kappa shape index (κ3) is 4.47. The molecule has 0 radical (unpaired) electrons. The lowest BCUT2D eigenvalue weighted by Gasteiger charge is -2.24. The number of amides is 4. The number of rotatable bonds is 8. The lowest BCUT2D eigenvalue weighted by molar-refractivity contribution is -0.133. The summed E-state index contributed by atoms with van der Waals surface area (Å²) in [5, 5.41) is 5.43. The molecule has 0 aliphatic carbocycles. The number of nitrogens with one attached hydrogen (secondary N) is 2. The van der Waals surface area contributed by atoms with Gasteiger partial charge >= 0.3 is 6.03 Å². The van der Waals surface area contributed by atoms with Crippen LogP contribution in [0.15, 0.2) is 42.5 Å². The Hall–Kier alpha value is -3.55. The summed E-state index contributed by atoms with van der Waals surface area (Å²) in [6, 6.07) is 11.8. The number of aryl methyl sites for hydroxylation is 1. The first-order valence-electron chi connectivity index (χ1n) is 10.2. The van der Waals surface area contributed by atoms with Crippen molar-refractivity contribution in [1.82, 2.24) is 10.2 Å². The van der Waals surface area contributed by atoms with Crippen LogP contribution >= 0.6 is 0 Å². The second-order valence-electron chi connectivity index (χ2n) is 7.34. The number of carbonyl (C=O) groups excluding carboxylic acids is 3. The topological polar surface area (TPSA) is 97.0 Å². The molecule has 31 heavy (non-hydrogen) atoms. The number of anilines is 1. The van der Waals surface area contributed by atoms with E-state index in [2.05, 4.69) is 10.6 Å². The van der Waals surface area contributed by atoms with E-state index in [4.69, 9.17) is 9.47 Å². The van der Waals surface area contributed by atoms with E-state index >= 15 is 0 Å². The normalized spacial score (nSPS) is 18.0. The van der Waals surface area contributed by atoms with Crippen LogP contribution in [0.3, 0.4) is 0 Å². The van der Waals surface area contributed by atoms with Crippen molar-refractivity contribution in [2.75, 3.05) is 25.1 Å². The first-order valence-corrected chi connectivity index (χ1v) is 10.2. The van der Waals surface area contributed by atoms with Crippen molar-refractivity contribution in [2.24, 2.45) is 0 Å². The summed E-state index contributed by atoms with van der Waals surface area (Å²) in [6.07, 6.45) is 0. The molecule has 8 nitrogen and oxygen atoms in total. The van der Waals surface area contributed by atoms with E-state index in [-0.39, 0.29) is 0 Å². The largest absolute Gasteiger partial charge is 0.490 e. The highest BCUT2D eigenvalue weighted by Gasteiger charge is 2.50. The number of urea groups is 1. The average Bonchev–Trinajstić information content (AvgIpc) is 2.94.